The number of thioether (sulfide) groups is 1. The van der Waals surface area contributed by atoms with E-state index in [1.165, 1.54) is 31.0 Å². The first-order valence-corrected chi connectivity index (χ1v) is 8.53. The van der Waals surface area contributed by atoms with E-state index in [-0.39, 0.29) is 11.7 Å². The molecule has 1 N–H and O–H groups in total. The number of benzene rings is 2. The number of nitrogens with zero attached hydrogens (tertiary/aromatic N) is 1. The summed E-state index contributed by atoms with van der Waals surface area (Å²) < 4.78 is 17.8. The molecule has 1 amide bonds. The molecule has 1 fully saturated rings. The second-order valence-electron chi connectivity index (χ2n) is 5.44. The van der Waals surface area contributed by atoms with Crippen molar-refractivity contribution in [2.75, 3.05) is 7.11 Å². The summed E-state index contributed by atoms with van der Waals surface area (Å²) >= 11 is 1.17. The summed E-state index contributed by atoms with van der Waals surface area (Å²) in [4.78, 5) is 29.0. The van der Waals surface area contributed by atoms with Crippen molar-refractivity contribution in [2.45, 2.75) is 6.92 Å². The number of nitrogens with one attached hydrogen (secondary N) is 1. The Morgan fingerprint density at radius 1 is 1.15 bits per heavy atom. The van der Waals surface area contributed by atoms with Crippen LogP contribution in [0, 0.1) is 5.82 Å². The fourth-order valence-electron chi connectivity index (χ4n) is 2.41. The van der Waals surface area contributed by atoms with E-state index < -0.39 is 5.97 Å². The van der Waals surface area contributed by atoms with Gasteiger partial charge in [-0.25, -0.2) is 14.2 Å². The lowest BCUT2D eigenvalue weighted by atomic mass is 10.1. The zero-order valence-corrected chi connectivity index (χ0v) is 14.9. The number of esters is 1. The van der Waals surface area contributed by atoms with Gasteiger partial charge in [0, 0.05) is 0 Å². The van der Waals surface area contributed by atoms with Gasteiger partial charge in [-0.3, -0.25) is 4.79 Å². The lowest BCUT2D eigenvalue weighted by Gasteiger charge is -2.04. The maximum Gasteiger partial charge on any atom is 0.340 e. The van der Waals surface area contributed by atoms with Gasteiger partial charge in [0.15, 0.2) is 5.17 Å². The molecule has 2 aromatic rings. The van der Waals surface area contributed by atoms with Crippen LogP contribution in [0.5, 0.6) is 0 Å². The topological polar surface area (TPSA) is 67.8 Å². The fraction of sp³-hybridized carbons (Fsp3) is 0.105. The third kappa shape index (κ3) is 3.67. The number of carbonyl (C=O) groups is 2. The minimum Gasteiger partial charge on any atom is -0.465 e. The van der Waals surface area contributed by atoms with Crippen LogP contribution in [-0.2, 0) is 9.53 Å². The van der Waals surface area contributed by atoms with Crippen LogP contribution in [0.3, 0.4) is 0 Å². The molecule has 3 rings (SSSR count). The highest BCUT2D eigenvalue weighted by Gasteiger charge is 2.27. The Bertz CT molecular complexity index is 936. The van der Waals surface area contributed by atoms with E-state index in [1.807, 2.05) is 0 Å². The predicted octanol–water partition coefficient (Wildman–Crippen LogP) is 3.89. The molecule has 0 bridgehead atoms. The summed E-state index contributed by atoms with van der Waals surface area (Å²) in [5, 5.41) is 3.05. The van der Waals surface area contributed by atoms with Gasteiger partial charge >= 0.3 is 5.97 Å². The minimum absolute atomic E-state index is 0.286. The summed E-state index contributed by atoms with van der Waals surface area (Å²) in [6.45, 7) is 1.79. The number of hydrogen-bond donors (Lipinski definition) is 1. The van der Waals surface area contributed by atoms with Crippen LogP contribution in [0.4, 0.5) is 10.1 Å². The number of amidine groups is 1. The van der Waals surface area contributed by atoms with Gasteiger partial charge in [0.05, 0.1) is 23.3 Å². The molecule has 1 heterocycles. The Kier molecular flexibility index (Phi) is 5.18. The summed E-state index contributed by atoms with van der Waals surface area (Å²) in [5.41, 5.74) is 2.19. The highest BCUT2D eigenvalue weighted by atomic mass is 32.2. The number of allylic oxidation sites excluding steroid dienone is 1. The molecule has 0 spiro atoms. The quantitative estimate of drug-likeness (QED) is 0.657. The van der Waals surface area contributed by atoms with Crippen LogP contribution in [-0.4, -0.2) is 24.2 Å². The lowest BCUT2D eigenvalue weighted by molar-refractivity contribution is -0.115. The van der Waals surface area contributed by atoms with Crippen molar-refractivity contribution in [3.8, 4) is 0 Å². The van der Waals surface area contributed by atoms with E-state index in [0.717, 1.165) is 11.1 Å². The molecular formula is C19H15FN2O3S. The third-order valence-corrected chi connectivity index (χ3v) is 4.86. The molecule has 132 valence electrons. The van der Waals surface area contributed by atoms with Gasteiger partial charge in [0.1, 0.15) is 5.82 Å². The number of aliphatic imine (C=N–C) groups is 1. The molecular weight excluding hydrogens is 355 g/mol. The molecule has 1 saturated heterocycles. The highest BCUT2D eigenvalue weighted by Crippen LogP contribution is 2.33. The molecule has 5 nitrogen and oxygen atoms in total. The van der Waals surface area contributed by atoms with Crippen LogP contribution in [0.2, 0.25) is 0 Å². The lowest BCUT2D eigenvalue weighted by Crippen LogP contribution is -2.19. The van der Waals surface area contributed by atoms with Crippen molar-refractivity contribution in [3.63, 3.8) is 0 Å². The molecule has 2 aromatic carbocycles. The molecule has 0 aliphatic carbocycles. The Hall–Kier alpha value is -2.93. The second-order valence-corrected chi connectivity index (χ2v) is 6.44. The maximum absolute atomic E-state index is 13.1. The van der Waals surface area contributed by atoms with Gasteiger partial charge < -0.3 is 10.1 Å². The highest BCUT2D eigenvalue weighted by molar-refractivity contribution is 8.18. The predicted molar refractivity (Wildman–Crippen MR) is 99.6 cm³/mol. The molecule has 1 aliphatic heterocycles. The number of amides is 1. The average molecular weight is 370 g/mol. The molecule has 0 aromatic heterocycles. The Labute approximate surface area is 154 Å². The Morgan fingerprint density at radius 3 is 2.54 bits per heavy atom. The van der Waals surface area contributed by atoms with E-state index in [0.29, 0.717) is 21.3 Å². The number of hydrogen-bond acceptors (Lipinski definition) is 5. The Balaban J connectivity index is 1.93. The number of rotatable bonds is 3. The van der Waals surface area contributed by atoms with E-state index >= 15 is 0 Å². The van der Waals surface area contributed by atoms with Crippen molar-refractivity contribution in [1.29, 1.82) is 0 Å². The van der Waals surface area contributed by atoms with Crippen molar-refractivity contribution in [1.82, 2.24) is 5.32 Å². The maximum atomic E-state index is 13.1. The second kappa shape index (κ2) is 7.53. The molecule has 7 heteroatoms. The number of halogens is 1. The van der Waals surface area contributed by atoms with Crippen LogP contribution < -0.4 is 5.32 Å². The van der Waals surface area contributed by atoms with Gasteiger partial charge in [-0.15, -0.1) is 0 Å². The minimum atomic E-state index is -0.502. The SMILES string of the molecule is COC(=O)c1ccccc1N=C1NC(=O)/C(=C(\C)c2ccc(F)cc2)S1. The number of para-hydroxylation sites is 1. The molecule has 26 heavy (non-hydrogen) atoms. The smallest absolute Gasteiger partial charge is 0.340 e. The third-order valence-electron chi connectivity index (χ3n) is 3.77. The first-order valence-electron chi connectivity index (χ1n) is 7.71. The number of methoxy groups -OCH3 is 1. The van der Waals surface area contributed by atoms with Gasteiger partial charge in [-0.05, 0) is 54.1 Å². The first-order chi connectivity index (χ1) is 12.5. The van der Waals surface area contributed by atoms with E-state index in [2.05, 4.69) is 10.3 Å². The number of ether oxygens (including phenoxy) is 1. The largest absolute Gasteiger partial charge is 0.465 e. The molecule has 0 atom stereocenters. The fourth-order valence-corrected chi connectivity index (χ4v) is 3.31. The molecule has 0 unspecified atom stereocenters. The number of carbonyl (C=O) groups excluding carboxylic acids is 2. The summed E-state index contributed by atoms with van der Waals surface area (Å²) in [6.07, 6.45) is 0. The Morgan fingerprint density at radius 2 is 1.85 bits per heavy atom. The summed E-state index contributed by atoms with van der Waals surface area (Å²) in [7, 11) is 1.30. The van der Waals surface area contributed by atoms with Gasteiger partial charge in [-0.1, -0.05) is 24.3 Å². The van der Waals surface area contributed by atoms with Crippen molar-refractivity contribution in [3.05, 3.63) is 70.4 Å². The zero-order chi connectivity index (χ0) is 18.7. The molecule has 1 aliphatic rings. The summed E-state index contributed by atoms with van der Waals surface area (Å²) in [5.74, 6) is -1.12. The van der Waals surface area contributed by atoms with Crippen molar-refractivity contribution < 1.29 is 18.7 Å². The zero-order valence-electron chi connectivity index (χ0n) is 14.1. The normalized spacial score (nSPS) is 17.2. The monoisotopic (exact) mass is 370 g/mol. The van der Waals surface area contributed by atoms with E-state index in [4.69, 9.17) is 4.74 Å². The van der Waals surface area contributed by atoms with Gasteiger partial charge in [-0.2, -0.15) is 0 Å². The van der Waals surface area contributed by atoms with Crippen molar-refractivity contribution >= 4 is 40.1 Å². The van der Waals surface area contributed by atoms with E-state index in [9.17, 15) is 14.0 Å². The van der Waals surface area contributed by atoms with E-state index in [1.54, 1.807) is 43.3 Å². The molecule has 0 radical (unpaired) electrons. The van der Waals surface area contributed by atoms with Gasteiger partial charge in [0.25, 0.3) is 5.91 Å². The van der Waals surface area contributed by atoms with Crippen LogP contribution in [0.1, 0.15) is 22.8 Å². The average Bonchev–Trinajstić information content (AvgIpc) is 3.01. The van der Waals surface area contributed by atoms with Crippen LogP contribution in [0.15, 0.2) is 58.4 Å². The van der Waals surface area contributed by atoms with Crippen LogP contribution in [0.25, 0.3) is 5.57 Å². The van der Waals surface area contributed by atoms with Crippen molar-refractivity contribution in [2.24, 2.45) is 4.99 Å². The summed E-state index contributed by atoms with van der Waals surface area (Å²) in [6, 6.07) is 12.7. The van der Waals surface area contributed by atoms with Crippen LogP contribution >= 0.6 is 11.8 Å². The van der Waals surface area contributed by atoms with Gasteiger partial charge in [0.2, 0.25) is 0 Å². The first kappa shape index (κ1) is 17.9. The standard InChI is InChI=1S/C19H15FN2O3S/c1-11(12-7-9-13(20)10-8-12)16-17(23)22-19(26-16)21-15-6-4-3-5-14(15)18(24)25-2/h3-10H,1-2H3,(H,21,22,23)/b16-11-. The molecule has 0 saturated carbocycles.